The number of amides is 2. The second-order valence-corrected chi connectivity index (χ2v) is 7.33. The van der Waals surface area contributed by atoms with Crippen molar-refractivity contribution < 1.29 is 9.59 Å². The van der Waals surface area contributed by atoms with Gasteiger partial charge in [-0.3, -0.25) is 9.59 Å². The molecule has 0 unspecified atom stereocenters. The molecule has 4 nitrogen and oxygen atoms in total. The van der Waals surface area contributed by atoms with Crippen LogP contribution in [0, 0.1) is 20.8 Å². The maximum Gasteiger partial charge on any atom is 0.276 e. The van der Waals surface area contributed by atoms with Gasteiger partial charge in [0.2, 0.25) is 0 Å². The molecule has 0 saturated heterocycles. The highest BCUT2D eigenvalue weighted by Gasteiger charge is 2.30. The summed E-state index contributed by atoms with van der Waals surface area (Å²) in [7, 11) is 0. The number of imide groups is 1. The van der Waals surface area contributed by atoms with Crippen molar-refractivity contribution in [1.29, 1.82) is 0 Å². The SMILES string of the molecule is Cc1ccnc(N(C(=O)c2sccc2C)C(=O)c2sccc2C)c1. The molecule has 0 radical (unpaired) electrons. The van der Waals surface area contributed by atoms with E-state index < -0.39 is 0 Å². The molecule has 6 heteroatoms. The van der Waals surface area contributed by atoms with Crippen LogP contribution in [-0.2, 0) is 0 Å². The van der Waals surface area contributed by atoms with E-state index in [1.165, 1.54) is 27.6 Å². The fraction of sp³-hybridized carbons (Fsp3) is 0.167. The number of aromatic nitrogens is 1. The highest BCUT2D eigenvalue weighted by Crippen LogP contribution is 2.26. The van der Waals surface area contributed by atoms with E-state index in [1.807, 2.05) is 49.7 Å². The molecule has 0 bridgehead atoms. The van der Waals surface area contributed by atoms with E-state index in [1.54, 1.807) is 12.3 Å². The summed E-state index contributed by atoms with van der Waals surface area (Å²) >= 11 is 2.67. The van der Waals surface area contributed by atoms with Crippen molar-refractivity contribution in [1.82, 2.24) is 4.98 Å². The van der Waals surface area contributed by atoms with Crippen molar-refractivity contribution in [2.75, 3.05) is 4.90 Å². The molecule has 0 aliphatic carbocycles. The van der Waals surface area contributed by atoms with E-state index in [9.17, 15) is 9.59 Å². The van der Waals surface area contributed by atoms with Crippen molar-refractivity contribution in [3.63, 3.8) is 0 Å². The summed E-state index contributed by atoms with van der Waals surface area (Å²) < 4.78 is 0. The molecule has 2 amide bonds. The average molecular weight is 356 g/mol. The third-order valence-electron chi connectivity index (χ3n) is 3.65. The molecule has 122 valence electrons. The molecule has 3 aromatic heterocycles. The second kappa shape index (κ2) is 6.67. The van der Waals surface area contributed by atoms with Crippen LogP contribution >= 0.6 is 22.7 Å². The number of hydrogen-bond acceptors (Lipinski definition) is 5. The number of aryl methyl sites for hydroxylation is 3. The van der Waals surface area contributed by atoms with Gasteiger partial charge in [0.05, 0.1) is 9.75 Å². The van der Waals surface area contributed by atoms with Crippen LogP contribution in [0.3, 0.4) is 0 Å². The lowest BCUT2D eigenvalue weighted by Gasteiger charge is -2.20. The van der Waals surface area contributed by atoms with Crippen molar-refractivity contribution in [2.45, 2.75) is 20.8 Å². The normalized spacial score (nSPS) is 10.6. The zero-order chi connectivity index (χ0) is 17.3. The summed E-state index contributed by atoms with van der Waals surface area (Å²) in [5.41, 5.74) is 2.66. The standard InChI is InChI=1S/C18H16N2O2S2/c1-11-4-7-19-14(10-11)20(17(21)15-12(2)5-8-23-15)18(22)16-13(3)6-9-24-16/h4-10H,1-3H3. The first kappa shape index (κ1) is 16.5. The fourth-order valence-corrected chi connectivity index (χ4v) is 4.04. The lowest BCUT2D eigenvalue weighted by atomic mass is 10.2. The number of anilines is 1. The van der Waals surface area contributed by atoms with Gasteiger partial charge in [-0.15, -0.1) is 22.7 Å². The first-order valence-electron chi connectivity index (χ1n) is 7.38. The molecule has 3 heterocycles. The minimum atomic E-state index is -0.335. The summed E-state index contributed by atoms with van der Waals surface area (Å²) in [6.07, 6.45) is 1.61. The van der Waals surface area contributed by atoms with Gasteiger partial charge in [0.15, 0.2) is 0 Å². The average Bonchev–Trinajstić information content (AvgIpc) is 3.15. The number of pyridine rings is 1. The molecule has 0 saturated carbocycles. The van der Waals surface area contributed by atoms with Crippen LogP contribution in [0.4, 0.5) is 5.82 Å². The van der Waals surface area contributed by atoms with Crippen molar-refractivity contribution in [3.05, 3.63) is 67.7 Å². The Balaban J connectivity index is 2.11. The maximum atomic E-state index is 13.1. The minimum absolute atomic E-state index is 0.335. The first-order valence-corrected chi connectivity index (χ1v) is 9.14. The Morgan fingerprint density at radius 2 is 1.46 bits per heavy atom. The van der Waals surface area contributed by atoms with Crippen molar-refractivity contribution in [2.24, 2.45) is 0 Å². The zero-order valence-corrected chi connectivity index (χ0v) is 15.2. The van der Waals surface area contributed by atoms with Gasteiger partial charge in [-0.05, 0) is 72.5 Å². The molecule has 0 atom stereocenters. The van der Waals surface area contributed by atoms with Gasteiger partial charge in [0.1, 0.15) is 5.82 Å². The number of thiophene rings is 2. The quantitative estimate of drug-likeness (QED) is 0.644. The predicted molar refractivity (Wildman–Crippen MR) is 98.2 cm³/mol. The summed E-state index contributed by atoms with van der Waals surface area (Å²) in [4.78, 5) is 32.7. The Kier molecular flexibility index (Phi) is 4.59. The van der Waals surface area contributed by atoms with Gasteiger partial charge in [0.25, 0.3) is 11.8 Å². The highest BCUT2D eigenvalue weighted by molar-refractivity contribution is 7.13. The van der Waals surface area contributed by atoms with Crippen LogP contribution in [-0.4, -0.2) is 16.8 Å². The van der Waals surface area contributed by atoms with E-state index in [-0.39, 0.29) is 11.8 Å². The summed E-state index contributed by atoms with van der Waals surface area (Å²) in [5, 5.41) is 3.70. The van der Waals surface area contributed by atoms with E-state index >= 15 is 0 Å². The van der Waals surface area contributed by atoms with Gasteiger partial charge < -0.3 is 0 Å². The summed E-state index contributed by atoms with van der Waals surface area (Å²) in [6, 6.07) is 7.34. The van der Waals surface area contributed by atoms with E-state index in [0.29, 0.717) is 15.6 Å². The lowest BCUT2D eigenvalue weighted by Crippen LogP contribution is -2.37. The molecule has 0 fully saturated rings. The number of nitrogens with zero attached hydrogens (tertiary/aromatic N) is 2. The van der Waals surface area contributed by atoms with Crippen molar-refractivity contribution in [3.8, 4) is 0 Å². The molecule has 0 aliphatic rings. The zero-order valence-electron chi connectivity index (χ0n) is 13.6. The van der Waals surface area contributed by atoms with E-state index in [4.69, 9.17) is 0 Å². The Morgan fingerprint density at radius 3 is 1.88 bits per heavy atom. The molecule has 0 spiro atoms. The Morgan fingerprint density at radius 1 is 0.917 bits per heavy atom. The highest BCUT2D eigenvalue weighted by atomic mass is 32.1. The van der Waals surface area contributed by atoms with Crippen LogP contribution in [0.2, 0.25) is 0 Å². The third kappa shape index (κ3) is 3.02. The minimum Gasteiger partial charge on any atom is -0.267 e. The Hall–Kier alpha value is -2.31. The number of carbonyl (C=O) groups excluding carboxylic acids is 2. The van der Waals surface area contributed by atoms with Crippen LogP contribution in [0.5, 0.6) is 0 Å². The van der Waals surface area contributed by atoms with Gasteiger partial charge in [-0.25, -0.2) is 9.88 Å². The Labute approximate surface area is 148 Å². The van der Waals surface area contributed by atoms with E-state index in [0.717, 1.165) is 16.7 Å². The number of rotatable bonds is 3. The van der Waals surface area contributed by atoms with Gasteiger partial charge in [0, 0.05) is 6.20 Å². The van der Waals surface area contributed by atoms with Gasteiger partial charge in [-0.1, -0.05) is 0 Å². The number of hydrogen-bond donors (Lipinski definition) is 0. The van der Waals surface area contributed by atoms with E-state index in [2.05, 4.69) is 4.98 Å². The van der Waals surface area contributed by atoms with Gasteiger partial charge in [-0.2, -0.15) is 0 Å². The smallest absolute Gasteiger partial charge is 0.267 e. The monoisotopic (exact) mass is 356 g/mol. The van der Waals surface area contributed by atoms with Crippen LogP contribution in [0.1, 0.15) is 36.0 Å². The topological polar surface area (TPSA) is 50.3 Å². The molecule has 3 aromatic rings. The lowest BCUT2D eigenvalue weighted by molar-refractivity contribution is 0.0900. The van der Waals surface area contributed by atoms with Crippen LogP contribution in [0.15, 0.2) is 41.2 Å². The summed E-state index contributed by atoms with van der Waals surface area (Å²) in [5.74, 6) is -0.317. The molecule has 0 aliphatic heterocycles. The number of carbonyl (C=O) groups is 2. The van der Waals surface area contributed by atoms with Crippen LogP contribution in [0.25, 0.3) is 0 Å². The molecular formula is C18H16N2O2S2. The molecule has 0 N–H and O–H groups in total. The largest absolute Gasteiger partial charge is 0.276 e. The maximum absolute atomic E-state index is 13.1. The summed E-state index contributed by atoms with van der Waals surface area (Å²) in [6.45, 7) is 5.64. The molecule has 3 rings (SSSR count). The second-order valence-electron chi connectivity index (χ2n) is 5.50. The molecule has 0 aromatic carbocycles. The third-order valence-corrected chi connectivity index (χ3v) is 5.66. The van der Waals surface area contributed by atoms with Gasteiger partial charge >= 0.3 is 0 Å². The fourth-order valence-electron chi connectivity index (χ4n) is 2.33. The van der Waals surface area contributed by atoms with Crippen molar-refractivity contribution >= 4 is 40.3 Å². The predicted octanol–water partition coefficient (Wildman–Crippen LogP) is 4.62. The Bertz CT molecular complexity index is 859. The molecular weight excluding hydrogens is 340 g/mol. The first-order chi connectivity index (χ1) is 11.5. The molecule has 24 heavy (non-hydrogen) atoms. The van der Waals surface area contributed by atoms with Crippen LogP contribution < -0.4 is 4.90 Å².